The number of hydrogen-bond acceptors (Lipinski definition) is 3. The van der Waals surface area contributed by atoms with Crippen LogP contribution in [0.2, 0.25) is 10.0 Å². The number of benzene rings is 1. The second-order valence-electron chi connectivity index (χ2n) is 6.59. The lowest BCUT2D eigenvalue weighted by molar-refractivity contribution is -0.132. The molecule has 0 saturated carbocycles. The fraction of sp³-hybridized carbons (Fsp3) is 0.316. The van der Waals surface area contributed by atoms with Gasteiger partial charge in [-0.1, -0.05) is 29.3 Å². The summed E-state index contributed by atoms with van der Waals surface area (Å²) in [6.45, 7) is 3.23. The molecular weight excluding hydrogens is 371 g/mol. The molecule has 1 aliphatic heterocycles. The molecule has 2 aromatic heterocycles. The highest BCUT2D eigenvalue weighted by molar-refractivity contribution is 6.35. The minimum atomic E-state index is 0.124. The number of nitrogens with zero attached hydrogens (tertiary/aromatic N) is 4. The van der Waals surface area contributed by atoms with E-state index in [1.807, 2.05) is 34.7 Å². The van der Waals surface area contributed by atoms with Gasteiger partial charge in [-0.15, -0.1) is 0 Å². The SMILES string of the molecule is Cc1cc2ncc3c(n2n1)CCN(C(=O)CCc1ccc(Cl)cc1Cl)C3. The first kappa shape index (κ1) is 17.3. The molecule has 0 N–H and O–H groups in total. The number of halogens is 2. The summed E-state index contributed by atoms with van der Waals surface area (Å²) >= 11 is 12.1. The number of fused-ring (bicyclic) bond motifs is 3. The van der Waals surface area contributed by atoms with Gasteiger partial charge in [0.25, 0.3) is 0 Å². The highest BCUT2D eigenvalue weighted by Crippen LogP contribution is 2.24. The van der Waals surface area contributed by atoms with E-state index in [1.165, 1.54) is 0 Å². The topological polar surface area (TPSA) is 50.5 Å². The molecule has 4 rings (SSSR count). The first-order valence-electron chi connectivity index (χ1n) is 8.56. The minimum absolute atomic E-state index is 0.124. The molecule has 134 valence electrons. The van der Waals surface area contributed by atoms with E-state index < -0.39 is 0 Å². The molecule has 0 spiro atoms. The zero-order chi connectivity index (χ0) is 18.3. The monoisotopic (exact) mass is 388 g/mol. The van der Waals surface area contributed by atoms with E-state index in [1.54, 1.807) is 12.1 Å². The van der Waals surface area contributed by atoms with Crippen molar-refractivity contribution in [3.8, 4) is 0 Å². The van der Waals surface area contributed by atoms with Gasteiger partial charge in [-0.05, 0) is 31.0 Å². The molecule has 26 heavy (non-hydrogen) atoms. The van der Waals surface area contributed by atoms with E-state index in [-0.39, 0.29) is 5.91 Å². The van der Waals surface area contributed by atoms with E-state index in [2.05, 4.69) is 10.1 Å². The van der Waals surface area contributed by atoms with Crippen molar-refractivity contribution in [2.75, 3.05) is 6.54 Å². The van der Waals surface area contributed by atoms with Gasteiger partial charge in [-0.2, -0.15) is 5.10 Å². The van der Waals surface area contributed by atoms with E-state index in [4.69, 9.17) is 23.2 Å². The van der Waals surface area contributed by atoms with Crippen LogP contribution < -0.4 is 0 Å². The van der Waals surface area contributed by atoms with Crippen molar-refractivity contribution in [1.82, 2.24) is 19.5 Å². The van der Waals surface area contributed by atoms with Crippen LogP contribution in [0, 0.1) is 6.92 Å². The minimum Gasteiger partial charge on any atom is -0.338 e. The Morgan fingerprint density at radius 2 is 2.12 bits per heavy atom. The van der Waals surface area contributed by atoms with Crippen molar-refractivity contribution < 1.29 is 4.79 Å². The van der Waals surface area contributed by atoms with Crippen LogP contribution in [0.15, 0.2) is 30.5 Å². The predicted molar refractivity (Wildman–Crippen MR) is 102 cm³/mol. The summed E-state index contributed by atoms with van der Waals surface area (Å²) in [7, 11) is 0. The van der Waals surface area contributed by atoms with E-state index >= 15 is 0 Å². The van der Waals surface area contributed by atoms with Crippen LogP contribution in [0.1, 0.15) is 28.9 Å². The van der Waals surface area contributed by atoms with Gasteiger partial charge in [0.15, 0.2) is 5.65 Å². The molecule has 0 atom stereocenters. The first-order chi connectivity index (χ1) is 12.5. The Balaban J connectivity index is 1.46. The fourth-order valence-electron chi connectivity index (χ4n) is 3.39. The van der Waals surface area contributed by atoms with Crippen molar-refractivity contribution >= 4 is 34.8 Å². The Kier molecular flexibility index (Phi) is 4.59. The Morgan fingerprint density at radius 3 is 2.92 bits per heavy atom. The summed E-state index contributed by atoms with van der Waals surface area (Å²) in [5, 5.41) is 5.72. The van der Waals surface area contributed by atoms with Crippen molar-refractivity contribution in [2.45, 2.75) is 32.7 Å². The van der Waals surface area contributed by atoms with Gasteiger partial charge in [0, 0.05) is 53.8 Å². The van der Waals surface area contributed by atoms with Crippen LogP contribution in [-0.4, -0.2) is 31.9 Å². The third kappa shape index (κ3) is 3.29. The zero-order valence-corrected chi connectivity index (χ0v) is 15.9. The second kappa shape index (κ2) is 6.89. The Morgan fingerprint density at radius 1 is 1.27 bits per heavy atom. The van der Waals surface area contributed by atoms with Crippen LogP contribution in [0.4, 0.5) is 0 Å². The molecule has 3 aromatic rings. The molecule has 0 bridgehead atoms. The smallest absolute Gasteiger partial charge is 0.223 e. The Labute approximate surface area is 161 Å². The molecule has 0 fully saturated rings. The average molecular weight is 389 g/mol. The van der Waals surface area contributed by atoms with Gasteiger partial charge >= 0.3 is 0 Å². The van der Waals surface area contributed by atoms with Crippen molar-refractivity contribution in [3.05, 3.63) is 63.0 Å². The van der Waals surface area contributed by atoms with E-state index in [0.29, 0.717) is 36.0 Å². The van der Waals surface area contributed by atoms with Crippen molar-refractivity contribution in [1.29, 1.82) is 0 Å². The maximum Gasteiger partial charge on any atom is 0.223 e. The Hall–Kier alpha value is -2.11. The van der Waals surface area contributed by atoms with Crippen LogP contribution in [0.5, 0.6) is 0 Å². The third-order valence-electron chi connectivity index (χ3n) is 4.75. The molecule has 0 aliphatic carbocycles. The third-order valence-corrected chi connectivity index (χ3v) is 5.33. The summed E-state index contributed by atoms with van der Waals surface area (Å²) in [6, 6.07) is 7.36. The molecule has 7 heteroatoms. The summed E-state index contributed by atoms with van der Waals surface area (Å²) in [4.78, 5) is 19.0. The lowest BCUT2D eigenvalue weighted by atomic mass is 10.1. The van der Waals surface area contributed by atoms with Crippen LogP contribution in [0.3, 0.4) is 0 Å². The highest BCUT2D eigenvalue weighted by atomic mass is 35.5. The van der Waals surface area contributed by atoms with Crippen molar-refractivity contribution in [3.63, 3.8) is 0 Å². The number of carbonyl (C=O) groups is 1. The van der Waals surface area contributed by atoms with E-state index in [9.17, 15) is 4.79 Å². The zero-order valence-electron chi connectivity index (χ0n) is 14.4. The van der Waals surface area contributed by atoms with Gasteiger partial charge < -0.3 is 4.90 Å². The molecular formula is C19H18Cl2N4O. The maximum absolute atomic E-state index is 12.6. The fourth-order valence-corrected chi connectivity index (χ4v) is 3.90. The summed E-state index contributed by atoms with van der Waals surface area (Å²) in [5.74, 6) is 0.124. The van der Waals surface area contributed by atoms with Gasteiger partial charge in [0.1, 0.15) is 0 Å². The standard InChI is InChI=1S/C19H18Cl2N4O/c1-12-8-18-22-10-14-11-24(7-6-17(14)25(18)23-12)19(26)5-3-13-2-4-15(20)9-16(13)21/h2,4,8-10H,3,5-7,11H2,1H3. The first-order valence-corrected chi connectivity index (χ1v) is 9.31. The predicted octanol–water partition coefficient (Wildman–Crippen LogP) is 3.86. The van der Waals surface area contributed by atoms with Gasteiger partial charge in [-0.3, -0.25) is 4.79 Å². The normalized spacial score (nSPS) is 13.9. The molecule has 1 aromatic carbocycles. The molecule has 0 radical (unpaired) electrons. The number of aromatic nitrogens is 3. The second-order valence-corrected chi connectivity index (χ2v) is 7.43. The number of carbonyl (C=O) groups excluding carboxylic acids is 1. The molecule has 1 aliphatic rings. The van der Waals surface area contributed by atoms with Crippen LogP contribution in [0.25, 0.3) is 5.65 Å². The number of aryl methyl sites for hydroxylation is 2. The van der Waals surface area contributed by atoms with Crippen molar-refractivity contribution in [2.24, 2.45) is 0 Å². The molecule has 0 saturated heterocycles. The number of hydrogen-bond donors (Lipinski definition) is 0. The van der Waals surface area contributed by atoms with E-state index in [0.717, 1.165) is 34.6 Å². The average Bonchev–Trinajstić information content (AvgIpc) is 3.01. The quantitative estimate of drug-likeness (QED) is 0.684. The highest BCUT2D eigenvalue weighted by Gasteiger charge is 2.23. The van der Waals surface area contributed by atoms with Gasteiger partial charge in [0.2, 0.25) is 5.91 Å². The molecule has 1 amide bonds. The van der Waals surface area contributed by atoms with Gasteiger partial charge in [-0.25, -0.2) is 9.50 Å². The molecule has 5 nitrogen and oxygen atoms in total. The molecule has 0 unspecified atom stereocenters. The number of rotatable bonds is 3. The summed E-state index contributed by atoms with van der Waals surface area (Å²) in [6.07, 6.45) is 3.67. The van der Waals surface area contributed by atoms with Crippen LogP contribution in [-0.2, 0) is 24.2 Å². The number of amides is 1. The lowest BCUT2D eigenvalue weighted by Crippen LogP contribution is -2.37. The largest absolute Gasteiger partial charge is 0.338 e. The lowest BCUT2D eigenvalue weighted by Gasteiger charge is -2.29. The summed E-state index contributed by atoms with van der Waals surface area (Å²) < 4.78 is 1.90. The van der Waals surface area contributed by atoms with Gasteiger partial charge in [0.05, 0.1) is 11.4 Å². The van der Waals surface area contributed by atoms with Crippen LogP contribution >= 0.6 is 23.2 Å². The summed E-state index contributed by atoms with van der Waals surface area (Å²) in [5.41, 5.74) is 4.96. The Bertz CT molecular complexity index is 999. The maximum atomic E-state index is 12.6. The molecule has 3 heterocycles.